The molecule has 2 aliphatic carbocycles. The summed E-state index contributed by atoms with van der Waals surface area (Å²) in [7, 11) is 1.77. The van der Waals surface area contributed by atoms with Gasteiger partial charge in [-0.25, -0.2) is 13.2 Å². The quantitative estimate of drug-likeness (QED) is 0.757. The summed E-state index contributed by atoms with van der Waals surface area (Å²) in [6, 6.07) is 5.04. The van der Waals surface area contributed by atoms with Crippen LogP contribution in [0.1, 0.15) is 59.5 Å². The van der Waals surface area contributed by atoms with Gasteiger partial charge in [-0.05, 0) is 42.5 Å². The van der Waals surface area contributed by atoms with E-state index < -0.39 is 11.7 Å². The summed E-state index contributed by atoms with van der Waals surface area (Å²) in [4.78, 5) is 12.5. The van der Waals surface area contributed by atoms with E-state index in [0.29, 0.717) is 12.8 Å². The summed E-state index contributed by atoms with van der Waals surface area (Å²) in [5.74, 6) is -3.11. The average Bonchev–Trinajstić information content (AvgIpc) is 3.29. The van der Waals surface area contributed by atoms with Crippen LogP contribution in [0, 0.1) is 5.82 Å². The molecule has 0 radical (unpaired) electrons. The first kappa shape index (κ1) is 19.2. The molecule has 28 heavy (non-hydrogen) atoms. The van der Waals surface area contributed by atoms with Crippen LogP contribution < -0.4 is 5.32 Å². The van der Waals surface area contributed by atoms with Crippen molar-refractivity contribution in [1.29, 1.82) is 0 Å². The van der Waals surface area contributed by atoms with Crippen LogP contribution >= 0.6 is 0 Å². The lowest BCUT2D eigenvalue weighted by atomic mass is 9.92. The van der Waals surface area contributed by atoms with Gasteiger partial charge in [0, 0.05) is 50.5 Å². The van der Waals surface area contributed by atoms with Crippen LogP contribution in [0.2, 0.25) is 0 Å². The predicted octanol–water partition coefficient (Wildman–Crippen LogP) is 4.01. The van der Waals surface area contributed by atoms with Crippen molar-refractivity contribution in [2.45, 2.75) is 62.4 Å². The summed E-state index contributed by atoms with van der Waals surface area (Å²) in [6.45, 7) is 0. The fourth-order valence-electron chi connectivity index (χ4n) is 4.09. The van der Waals surface area contributed by atoms with E-state index in [0.717, 1.165) is 17.5 Å². The van der Waals surface area contributed by atoms with Crippen LogP contribution in [0.5, 0.6) is 0 Å². The number of nitrogens with one attached hydrogen (secondary N) is 1. The molecule has 1 heterocycles. The maximum absolute atomic E-state index is 14.2. The molecule has 0 spiro atoms. The van der Waals surface area contributed by atoms with Gasteiger partial charge in [-0.15, -0.1) is 0 Å². The molecule has 0 amide bonds. The number of hydrogen-bond donors (Lipinski definition) is 1. The molecule has 0 bridgehead atoms. The number of Topliss-reactive ketones (excluding diaryl/α,β-unsaturated/α-hetero) is 1. The Balaban J connectivity index is 1.38. The Labute approximate surface area is 162 Å². The van der Waals surface area contributed by atoms with Gasteiger partial charge in [-0.1, -0.05) is 6.07 Å². The number of rotatable bonds is 6. The Kier molecular flexibility index (Phi) is 5.04. The van der Waals surface area contributed by atoms with Crippen molar-refractivity contribution in [3.63, 3.8) is 0 Å². The molecule has 150 valence electrons. The van der Waals surface area contributed by atoms with Crippen molar-refractivity contribution in [3.05, 3.63) is 53.1 Å². The molecule has 2 aromatic rings. The minimum Gasteiger partial charge on any atom is -0.311 e. The minimum absolute atomic E-state index is 0.0639. The number of aryl methyl sites for hydroxylation is 1. The number of benzene rings is 1. The Morgan fingerprint density at radius 1 is 1.32 bits per heavy atom. The fourth-order valence-corrected chi connectivity index (χ4v) is 4.09. The van der Waals surface area contributed by atoms with Gasteiger partial charge in [0.15, 0.2) is 5.78 Å². The molecule has 2 saturated carbocycles. The van der Waals surface area contributed by atoms with Crippen LogP contribution in [-0.4, -0.2) is 33.6 Å². The van der Waals surface area contributed by atoms with Crippen molar-refractivity contribution in [1.82, 2.24) is 15.1 Å². The van der Waals surface area contributed by atoms with E-state index in [1.807, 2.05) is 0 Å². The summed E-state index contributed by atoms with van der Waals surface area (Å²) in [5.41, 5.74) is 1.77. The number of nitrogens with zero attached hydrogens (tertiary/aromatic N) is 2. The Bertz CT molecular complexity index is 870. The molecule has 0 saturated heterocycles. The molecular formula is C21H24F3N3O. The summed E-state index contributed by atoms with van der Waals surface area (Å²) >= 11 is 0. The molecule has 2 aliphatic rings. The smallest absolute Gasteiger partial charge is 0.248 e. The molecular weight excluding hydrogens is 367 g/mol. The van der Waals surface area contributed by atoms with Crippen molar-refractivity contribution >= 4 is 5.78 Å². The van der Waals surface area contributed by atoms with Gasteiger partial charge in [-0.2, -0.15) is 5.10 Å². The normalized spacial score (nSPS) is 24.3. The van der Waals surface area contributed by atoms with Crippen LogP contribution in [-0.2, 0) is 13.5 Å². The zero-order chi connectivity index (χ0) is 19.9. The van der Waals surface area contributed by atoms with Gasteiger partial charge in [0.05, 0.1) is 11.8 Å². The van der Waals surface area contributed by atoms with Crippen LogP contribution in [0.4, 0.5) is 13.2 Å². The van der Waals surface area contributed by atoms with E-state index >= 15 is 0 Å². The second kappa shape index (κ2) is 7.35. The lowest BCUT2D eigenvalue weighted by Gasteiger charge is -2.29. The van der Waals surface area contributed by atoms with Crippen molar-refractivity contribution < 1.29 is 18.0 Å². The minimum atomic E-state index is -2.53. The third-order valence-electron chi connectivity index (χ3n) is 5.80. The highest BCUT2D eigenvalue weighted by Gasteiger charge is 2.42. The molecule has 4 nitrogen and oxygen atoms in total. The third kappa shape index (κ3) is 4.29. The molecule has 2 unspecified atom stereocenters. The lowest BCUT2D eigenvalue weighted by molar-refractivity contribution is -0.0405. The van der Waals surface area contributed by atoms with E-state index in [-0.39, 0.29) is 48.6 Å². The number of ketones is 1. The second-order valence-corrected chi connectivity index (χ2v) is 8.11. The van der Waals surface area contributed by atoms with Gasteiger partial charge in [0.2, 0.25) is 5.92 Å². The van der Waals surface area contributed by atoms with E-state index in [1.54, 1.807) is 36.3 Å². The SMILES string of the molecule is Cn1cc(CC(=O)c2cc(C3CC3NC3CCC(F)(F)CC3)ccc2F)cn1. The maximum atomic E-state index is 14.2. The summed E-state index contributed by atoms with van der Waals surface area (Å²) in [6.07, 6.45) is 5.17. The standard InChI is InChI=1S/C21H24F3N3O/c1-27-12-13(11-25-27)8-20(28)17-9-14(2-3-18(17)22)16-10-19(16)26-15-4-6-21(23,24)7-5-15/h2-3,9,11-12,15-16,19,26H,4-8,10H2,1H3. The Hall–Kier alpha value is -2.15. The van der Waals surface area contributed by atoms with E-state index in [1.165, 1.54) is 6.07 Å². The number of alkyl halides is 2. The zero-order valence-electron chi connectivity index (χ0n) is 15.8. The van der Waals surface area contributed by atoms with Crippen molar-refractivity contribution in [3.8, 4) is 0 Å². The van der Waals surface area contributed by atoms with Gasteiger partial charge in [0.25, 0.3) is 0 Å². The van der Waals surface area contributed by atoms with E-state index in [2.05, 4.69) is 10.4 Å². The highest BCUT2D eigenvalue weighted by atomic mass is 19.3. The third-order valence-corrected chi connectivity index (χ3v) is 5.80. The average molecular weight is 391 g/mol. The first-order valence-corrected chi connectivity index (χ1v) is 9.75. The number of hydrogen-bond acceptors (Lipinski definition) is 3. The largest absolute Gasteiger partial charge is 0.311 e. The summed E-state index contributed by atoms with van der Waals surface area (Å²) < 4.78 is 42.4. The molecule has 4 rings (SSSR count). The first-order chi connectivity index (χ1) is 13.3. The van der Waals surface area contributed by atoms with Crippen LogP contribution in [0.15, 0.2) is 30.6 Å². The summed E-state index contributed by atoms with van der Waals surface area (Å²) in [5, 5.41) is 7.49. The molecule has 1 N–H and O–H groups in total. The maximum Gasteiger partial charge on any atom is 0.248 e. The van der Waals surface area contributed by atoms with Gasteiger partial charge < -0.3 is 5.32 Å². The Morgan fingerprint density at radius 3 is 2.75 bits per heavy atom. The highest BCUT2D eigenvalue weighted by Crippen LogP contribution is 2.43. The van der Waals surface area contributed by atoms with Crippen molar-refractivity contribution in [2.24, 2.45) is 7.05 Å². The number of carbonyl (C=O) groups excluding carboxylic acids is 1. The number of aromatic nitrogens is 2. The van der Waals surface area contributed by atoms with Crippen LogP contribution in [0.25, 0.3) is 0 Å². The molecule has 0 aliphatic heterocycles. The molecule has 7 heteroatoms. The molecule has 2 fully saturated rings. The Morgan fingerprint density at radius 2 is 2.07 bits per heavy atom. The second-order valence-electron chi connectivity index (χ2n) is 8.11. The van der Waals surface area contributed by atoms with Crippen molar-refractivity contribution in [2.75, 3.05) is 0 Å². The van der Waals surface area contributed by atoms with Crippen LogP contribution in [0.3, 0.4) is 0 Å². The van der Waals surface area contributed by atoms with Gasteiger partial charge in [0.1, 0.15) is 5.82 Å². The topological polar surface area (TPSA) is 46.9 Å². The number of halogens is 3. The predicted molar refractivity (Wildman–Crippen MR) is 99.1 cm³/mol. The van der Waals surface area contributed by atoms with E-state index in [9.17, 15) is 18.0 Å². The lowest BCUT2D eigenvalue weighted by Crippen LogP contribution is -2.38. The molecule has 2 atom stereocenters. The molecule has 1 aromatic carbocycles. The van der Waals surface area contributed by atoms with Gasteiger partial charge >= 0.3 is 0 Å². The highest BCUT2D eigenvalue weighted by molar-refractivity contribution is 5.97. The van der Waals surface area contributed by atoms with E-state index in [4.69, 9.17) is 0 Å². The monoisotopic (exact) mass is 391 g/mol. The number of carbonyl (C=O) groups is 1. The zero-order valence-corrected chi connectivity index (χ0v) is 15.8. The molecule has 1 aromatic heterocycles. The fraction of sp³-hybridized carbons (Fsp3) is 0.524. The van der Waals surface area contributed by atoms with Gasteiger partial charge in [-0.3, -0.25) is 9.48 Å². The first-order valence-electron chi connectivity index (χ1n) is 9.75.